The van der Waals surface area contributed by atoms with Crippen molar-refractivity contribution in [1.82, 2.24) is 4.57 Å². The van der Waals surface area contributed by atoms with E-state index in [4.69, 9.17) is 10.1 Å². The minimum atomic E-state index is -1.90. The molecule has 258 valence electrons. The lowest BCUT2D eigenvalue weighted by Gasteiger charge is -2.35. The molecule has 10 nitrogen and oxygen atoms in total. The number of fused-ring (bicyclic) bond motifs is 2. The number of nitro groups is 1. The third-order valence-electron chi connectivity index (χ3n) is 9.67. The van der Waals surface area contributed by atoms with Crippen LogP contribution in [0.1, 0.15) is 40.8 Å². The van der Waals surface area contributed by atoms with Gasteiger partial charge in [0.2, 0.25) is 12.2 Å². The maximum absolute atomic E-state index is 15.8. The maximum atomic E-state index is 15.8. The number of ether oxygens (including phenoxy) is 1. The Bertz CT molecular complexity index is 2370. The summed E-state index contributed by atoms with van der Waals surface area (Å²) in [5.74, 6) is 1.11. The Morgan fingerprint density at radius 1 is 0.923 bits per heavy atom. The van der Waals surface area contributed by atoms with Gasteiger partial charge in [-0.2, -0.15) is 0 Å². The molecule has 1 N–H and O–H groups in total. The molecular formula is C42H36N5O5+. The number of amides is 1. The quantitative estimate of drug-likeness (QED) is 0.0392. The molecule has 52 heavy (non-hydrogen) atoms. The molecule has 0 saturated heterocycles. The number of aryl methyl sites for hydroxylation is 1. The standard InChI is InChI=1S/C42H36N5O5/c1-3-52-40(48)35(25-43)42(34-24-29(2)18-23-36(34)45(41(42)49)27-31-14-8-5-9-15-31)39(32-19-21-33(22-20-32)47(50)51)46-28-44(26-30-12-6-4-7-13-30)37-16-10-11-17-38(37)46/h4-24,28,39,43H,3,26-27H2,1-2H3/q+1. The number of para-hydroxylation sites is 2. The molecule has 1 aliphatic rings. The molecule has 2 atom stereocenters. The fourth-order valence-electron chi connectivity index (χ4n) is 7.43. The Balaban J connectivity index is 1.59. The van der Waals surface area contributed by atoms with Gasteiger partial charge < -0.3 is 9.64 Å². The molecule has 0 spiro atoms. The van der Waals surface area contributed by atoms with Gasteiger partial charge in [-0.3, -0.25) is 20.3 Å². The second-order valence-electron chi connectivity index (χ2n) is 12.8. The Labute approximate surface area is 300 Å². The average molecular weight is 691 g/mol. The number of nitrogens with one attached hydrogen (secondary N) is 1. The summed E-state index contributed by atoms with van der Waals surface area (Å²) in [4.78, 5) is 43.0. The van der Waals surface area contributed by atoms with Gasteiger partial charge >= 0.3 is 5.97 Å². The Morgan fingerprint density at radius 3 is 2.23 bits per heavy atom. The number of esters is 1. The highest BCUT2D eigenvalue weighted by Crippen LogP contribution is 2.55. The molecular weight excluding hydrogens is 654 g/mol. The van der Waals surface area contributed by atoms with Crippen LogP contribution in [0.2, 0.25) is 0 Å². The second kappa shape index (κ2) is 13.9. The topological polar surface area (TPSA) is 122 Å². The highest BCUT2D eigenvalue weighted by Gasteiger charge is 2.64. The Hall–Kier alpha value is -6.64. The summed E-state index contributed by atoms with van der Waals surface area (Å²) in [6, 6.07) is 38.0. The highest BCUT2D eigenvalue weighted by molar-refractivity contribution is 6.19. The third-order valence-corrected chi connectivity index (χ3v) is 9.67. The van der Waals surface area contributed by atoms with Crippen LogP contribution in [0.5, 0.6) is 0 Å². The van der Waals surface area contributed by atoms with Crippen LogP contribution in [0.25, 0.3) is 11.0 Å². The first kappa shape index (κ1) is 33.8. The molecule has 1 amide bonds. The average Bonchev–Trinajstić information content (AvgIpc) is 3.62. The summed E-state index contributed by atoms with van der Waals surface area (Å²) in [6.45, 7) is 4.28. The zero-order valence-corrected chi connectivity index (χ0v) is 28.7. The van der Waals surface area contributed by atoms with Crippen molar-refractivity contribution in [2.45, 2.75) is 38.4 Å². The normalized spacial score (nSPS) is 15.6. The molecule has 0 bridgehead atoms. The van der Waals surface area contributed by atoms with Crippen molar-refractivity contribution < 1.29 is 23.8 Å². The lowest BCUT2D eigenvalue weighted by Crippen LogP contribution is -2.50. The van der Waals surface area contributed by atoms with E-state index in [0.717, 1.165) is 27.7 Å². The first-order chi connectivity index (χ1) is 25.3. The summed E-state index contributed by atoms with van der Waals surface area (Å²) in [6.07, 6.45) is 1.92. The third kappa shape index (κ3) is 5.75. The van der Waals surface area contributed by atoms with E-state index in [-0.39, 0.29) is 24.4 Å². The number of benzene rings is 5. The summed E-state index contributed by atoms with van der Waals surface area (Å²) in [5, 5.41) is 20.5. The molecule has 2 heterocycles. The minimum Gasteiger partial charge on any atom is -0.462 e. The smallest absolute Gasteiger partial charge is 0.345 e. The number of hydrogen-bond acceptors (Lipinski definition) is 6. The molecule has 1 aromatic heterocycles. The van der Waals surface area contributed by atoms with Crippen LogP contribution in [0.3, 0.4) is 0 Å². The van der Waals surface area contributed by atoms with Crippen LogP contribution in [0, 0.1) is 22.4 Å². The van der Waals surface area contributed by atoms with Crippen LogP contribution >= 0.6 is 0 Å². The monoisotopic (exact) mass is 690 g/mol. The predicted molar refractivity (Wildman–Crippen MR) is 197 cm³/mol. The molecule has 10 heteroatoms. The van der Waals surface area contributed by atoms with Crippen molar-refractivity contribution in [3.8, 4) is 0 Å². The number of carbonyl (C=O) groups is 2. The lowest BCUT2D eigenvalue weighted by molar-refractivity contribution is -0.663. The summed E-state index contributed by atoms with van der Waals surface area (Å²) >= 11 is 0. The van der Waals surface area contributed by atoms with Gasteiger partial charge in [0.05, 0.1) is 18.1 Å². The number of anilines is 1. The van der Waals surface area contributed by atoms with E-state index in [1.807, 2.05) is 121 Å². The fourth-order valence-corrected chi connectivity index (χ4v) is 7.43. The van der Waals surface area contributed by atoms with Gasteiger partial charge in [0, 0.05) is 23.4 Å². The number of non-ortho nitro benzene ring substituents is 1. The lowest BCUT2D eigenvalue weighted by atomic mass is 9.67. The van der Waals surface area contributed by atoms with E-state index in [1.165, 1.54) is 12.1 Å². The van der Waals surface area contributed by atoms with Crippen LogP contribution in [0.4, 0.5) is 11.4 Å². The van der Waals surface area contributed by atoms with Gasteiger partial charge in [-0.15, -0.1) is 0 Å². The molecule has 6 aromatic rings. The minimum absolute atomic E-state index is 0.00835. The molecule has 0 saturated carbocycles. The summed E-state index contributed by atoms with van der Waals surface area (Å²) < 4.78 is 9.62. The largest absolute Gasteiger partial charge is 0.462 e. The van der Waals surface area contributed by atoms with Gasteiger partial charge in [-0.25, -0.2) is 13.9 Å². The van der Waals surface area contributed by atoms with E-state index in [0.29, 0.717) is 23.4 Å². The Kier molecular flexibility index (Phi) is 9.07. The number of hydrogen-bond donors (Lipinski definition) is 1. The van der Waals surface area contributed by atoms with Crippen LogP contribution in [0.15, 0.2) is 139 Å². The van der Waals surface area contributed by atoms with E-state index < -0.39 is 28.3 Å². The van der Waals surface area contributed by atoms with E-state index in [1.54, 1.807) is 24.0 Å². The molecule has 7 rings (SSSR count). The number of carbonyl (C=O) groups excluding carboxylic acids is 2. The molecule has 0 aliphatic carbocycles. The fraction of sp³-hybridized carbons (Fsp3) is 0.167. The van der Waals surface area contributed by atoms with Crippen molar-refractivity contribution in [2.24, 2.45) is 0 Å². The molecule has 2 unspecified atom stereocenters. The van der Waals surface area contributed by atoms with Crippen molar-refractivity contribution in [3.63, 3.8) is 0 Å². The van der Waals surface area contributed by atoms with E-state index >= 15 is 4.79 Å². The van der Waals surface area contributed by atoms with Gasteiger partial charge in [0.25, 0.3) is 5.69 Å². The van der Waals surface area contributed by atoms with Crippen molar-refractivity contribution in [1.29, 1.82) is 5.41 Å². The zero-order valence-electron chi connectivity index (χ0n) is 28.7. The van der Waals surface area contributed by atoms with Crippen molar-refractivity contribution >= 4 is 40.2 Å². The maximum Gasteiger partial charge on any atom is 0.345 e. The summed E-state index contributed by atoms with van der Waals surface area (Å²) in [5.41, 5.74) is 3.68. The van der Waals surface area contributed by atoms with Gasteiger partial charge in [0.1, 0.15) is 12.1 Å². The number of nitro benzene ring substituents is 1. The number of imidazole rings is 1. The SMILES string of the molecule is CCOC(=O)C(=C=N)C1(C(c2ccc([N+](=O)[O-])cc2)n2c[n+](Cc3ccccc3)c3ccccc32)C(=O)N(Cc2ccccc2)c2ccc(C)cc21. The molecule has 0 radical (unpaired) electrons. The number of rotatable bonds is 11. The van der Waals surface area contributed by atoms with Gasteiger partial charge in [-0.1, -0.05) is 90.5 Å². The molecule has 1 aliphatic heterocycles. The van der Waals surface area contributed by atoms with Crippen molar-refractivity contribution in [2.75, 3.05) is 11.5 Å². The van der Waals surface area contributed by atoms with E-state index in [9.17, 15) is 14.9 Å². The van der Waals surface area contributed by atoms with Crippen molar-refractivity contribution in [3.05, 3.63) is 177 Å². The number of nitrogens with zero attached hydrogens (tertiary/aromatic N) is 4. The van der Waals surface area contributed by atoms with Gasteiger partial charge in [-0.05, 0) is 66.7 Å². The van der Waals surface area contributed by atoms with Crippen LogP contribution in [-0.2, 0) is 32.8 Å². The van der Waals surface area contributed by atoms with Crippen LogP contribution in [-0.4, -0.2) is 33.8 Å². The first-order valence-corrected chi connectivity index (χ1v) is 17.0. The van der Waals surface area contributed by atoms with Crippen LogP contribution < -0.4 is 9.47 Å². The van der Waals surface area contributed by atoms with E-state index in [2.05, 4.69) is 10.4 Å². The highest BCUT2D eigenvalue weighted by atomic mass is 16.6. The molecule has 0 fully saturated rings. The summed E-state index contributed by atoms with van der Waals surface area (Å²) in [7, 11) is 0. The van der Waals surface area contributed by atoms with Gasteiger partial charge in [0.15, 0.2) is 22.5 Å². The number of aromatic nitrogens is 2. The molecule has 5 aromatic carbocycles. The first-order valence-electron chi connectivity index (χ1n) is 17.0. The second-order valence-corrected chi connectivity index (χ2v) is 12.8. The Morgan fingerprint density at radius 2 is 1.58 bits per heavy atom. The predicted octanol–water partition coefficient (Wildman–Crippen LogP) is 7.01. The zero-order chi connectivity index (χ0) is 36.4.